The molecule has 0 amide bonds. The van der Waals surface area contributed by atoms with Crippen LogP contribution in [-0.4, -0.2) is 23.5 Å². The SMILES string of the molecule is O=C([O-])CC1CCCCC1=O.O=C([O-])CC1CCCCC1=O.[Cu+2]. The summed E-state index contributed by atoms with van der Waals surface area (Å²) in [4.78, 5) is 42.4. The molecule has 0 bridgehead atoms. The summed E-state index contributed by atoms with van der Waals surface area (Å²) in [5, 5.41) is 20.3. The van der Waals surface area contributed by atoms with Crippen molar-refractivity contribution in [3.05, 3.63) is 0 Å². The number of hydrogen-bond acceptors (Lipinski definition) is 6. The zero-order valence-electron chi connectivity index (χ0n) is 13.0. The number of hydrogen-bond donors (Lipinski definition) is 0. The minimum Gasteiger partial charge on any atom is -0.550 e. The Bertz CT molecular complexity index is 394. The van der Waals surface area contributed by atoms with Gasteiger partial charge in [-0.3, -0.25) is 9.59 Å². The second-order valence-electron chi connectivity index (χ2n) is 5.97. The quantitative estimate of drug-likeness (QED) is 0.628. The van der Waals surface area contributed by atoms with Crippen LogP contribution in [0.2, 0.25) is 0 Å². The molecule has 0 aromatic heterocycles. The number of carbonyl (C=O) groups excluding carboxylic acids is 4. The molecule has 2 aliphatic carbocycles. The third kappa shape index (κ3) is 8.86. The summed E-state index contributed by atoms with van der Waals surface area (Å²) < 4.78 is 0. The van der Waals surface area contributed by atoms with Gasteiger partial charge in [-0.1, -0.05) is 12.8 Å². The van der Waals surface area contributed by atoms with Crippen LogP contribution in [0, 0.1) is 11.8 Å². The smallest absolute Gasteiger partial charge is 0.550 e. The Hall–Kier alpha value is -1.20. The van der Waals surface area contributed by atoms with Crippen LogP contribution in [-0.2, 0) is 36.2 Å². The summed E-state index contributed by atoms with van der Waals surface area (Å²) in [7, 11) is 0. The van der Waals surface area contributed by atoms with Gasteiger partial charge in [-0.15, -0.1) is 0 Å². The van der Waals surface area contributed by atoms with Crippen molar-refractivity contribution in [1.29, 1.82) is 0 Å². The van der Waals surface area contributed by atoms with E-state index >= 15 is 0 Å². The minimum absolute atomic E-state index is 0. The average Bonchev–Trinajstić information content (AvgIpc) is 2.44. The van der Waals surface area contributed by atoms with Crippen molar-refractivity contribution in [2.75, 3.05) is 0 Å². The van der Waals surface area contributed by atoms with Crippen LogP contribution in [0.25, 0.3) is 0 Å². The van der Waals surface area contributed by atoms with Crippen molar-refractivity contribution < 1.29 is 46.5 Å². The monoisotopic (exact) mass is 373 g/mol. The van der Waals surface area contributed by atoms with Crippen molar-refractivity contribution >= 4 is 23.5 Å². The first-order valence-corrected chi connectivity index (χ1v) is 7.85. The van der Waals surface area contributed by atoms with E-state index in [-0.39, 0.29) is 53.3 Å². The van der Waals surface area contributed by atoms with Gasteiger partial charge < -0.3 is 19.8 Å². The van der Waals surface area contributed by atoms with E-state index in [2.05, 4.69) is 0 Å². The maximum Gasteiger partial charge on any atom is 2.00 e. The van der Waals surface area contributed by atoms with Gasteiger partial charge in [0.25, 0.3) is 0 Å². The normalized spacial score (nSPS) is 24.0. The molecule has 133 valence electrons. The van der Waals surface area contributed by atoms with E-state index < -0.39 is 11.9 Å². The molecular formula is C16H22CuO6. The first-order valence-electron chi connectivity index (χ1n) is 7.85. The Balaban J connectivity index is 0.000000403. The minimum atomic E-state index is -1.11. The van der Waals surface area contributed by atoms with Crippen molar-refractivity contribution in [2.24, 2.45) is 11.8 Å². The van der Waals surface area contributed by atoms with Gasteiger partial charge in [-0.25, -0.2) is 0 Å². The number of carbonyl (C=O) groups is 4. The summed E-state index contributed by atoms with van der Waals surface area (Å²) in [6.45, 7) is 0. The maximum absolute atomic E-state index is 11.0. The van der Waals surface area contributed by atoms with Gasteiger partial charge in [0.05, 0.1) is 0 Å². The number of aliphatic carboxylic acids is 2. The molecule has 1 radical (unpaired) electrons. The van der Waals surface area contributed by atoms with Crippen LogP contribution in [0.5, 0.6) is 0 Å². The molecule has 0 aliphatic heterocycles. The number of rotatable bonds is 4. The summed E-state index contributed by atoms with van der Waals surface area (Å²) >= 11 is 0. The van der Waals surface area contributed by atoms with Crippen molar-refractivity contribution in [3.8, 4) is 0 Å². The van der Waals surface area contributed by atoms with Crippen molar-refractivity contribution in [1.82, 2.24) is 0 Å². The molecule has 2 fully saturated rings. The first-order chi connectivity index (χ1) is 10.4. The fraction of sp³-hybridized carbons (Fsp3) is 0.750. The Kier molecular flexibility index (Phi) is 10.8. The van der Waals surface area contributed by atoms with Crippen LogP contribution in [0.15, 0.2) is 0 Å². The third-order valence-electron chi connectivity index (χ3n) is 4.19. The summed E-state index contributed by atoms with van der Waals surface area (Å²) in [6, 6.07) is 0. The standard InChI is InChI=1S/2C8H12O3.Cu/c2*9-7-4-2-1-3-6(7)5-8(10)11;/h2*6H,1-5H2,(H,10,11);/q;;+2/p-2. The fourth-order valence-electron chi connectivity index (χ4n) is 2.94. The molecule has 7 heteroatoms. The Morgan fingerprint density at radius 2 is 1.13 bits per heavy atom. The summed E-state index contributed by atoms with van der Waals surface area (Å²) in [6.07, 6.45) is 6.19. The maximum atomic E-state index is 11.0. The van der Waals surface area contributed by atoms with E-state index in [1.807, 2.05) is 0 Å². The Morgan fingerprint density at radius 1 is 0.783 bits per heavy atom. The first kappa shape index (κ1) is 21.8. The molecule has 2 atom stereocenters. The molecule has 2 saturated carbocycles. The molecule has 2 unspecified atom stereocenters. The molecular weight excluding hydrogens is 352 g/mol. The van der Waals surface area contributed by atoms with E-state index in [9.17, 15) is 29.4 Å². The molecule has 6 nitrogen and oxygen atoms in total. The molecule has 0 heterocycles. The largest absolute Gasteiger partial charge is 2.00 e. The molecule has 0 N–H and O–H groups in total. The molecule has 0 aromatic carbocycles. The van der Waals surface area contributed by atoms with Crippen molar-refractivity contribution in [2.45, 2.75) is 64.2 Å². The number of ketones is 2. The second-order valence-corrected chi connectivity index (χ2v) is 5.97. The van der Waals surface area contributed by atoms with Crippen LogP contribution in [0.4, 0.5) is 0 Å². The van der Waals surface area contributed by atoms with Gasteiger partial charge in [0.15, 0.2) is 0 Å². The van der Waals surface area contributed by atoms with Crippen LogP contribution >= 0.6 is 0 Å². The van der Waals surface area contributed by atoms with Gasteiger partial charge >= 0.3 is 17.1 Å². The number of carboxylic acids is 2. The van der Waals surface area contributed by atoms with E-state index in [0.29, 0.717) is 12.8 Å². The Labute approximate surface area is 146 Å². The number of carboxylic acid groups (broad SMARTS) is 2. The molecule has 2 rings (SSSR count). The number of Topliss-reactive ketones (excluding diaryl/α,β-unsaturated/α-hetero) is 2. The average molecular weight is 374 g/mol. The van der Waals surface area contributed by atoms with Gasteiger partial charge in [0.2, 0.25) is 0 Å². The second kappa shape index (κ2) is 11.4. The molecule has 0 spiro atoms. The zero-order valence-corrected chi connectivity index (χ0v) is 13.9. The van der Waals surface area contributed by atoms with E-state index in [4.69, 9.17) is 0 Å². The fourth-order valence-corrected chi connectivity index (χ4v) is 2.94. The van der Waals surface area contributed by atoms with Crippen molar-refractivity contribution in [3.63, 3.8) is 0 Å². The van der Waals surface area contributed by atoms with E-state index in [0.717, 1.165) is 38.5 Å². The van der Waals surface area contributed by atoms with E-state index in [1.165, 1.54) is 0 Å². The third-order valence-corrected chi connectivity index (χ3v) is 4.19. The summed E-state index contributed by atoms with van der Waals surface area (Å²) in [5.41, 5.74) is 0. The predicted molar refractivity (Wildman–Crippen MR) is 73.2 cm³/mol. The molecule has 0 aromatic rings. The van der Waals surface area contributed by atoms with Gasteiger partial charge in [-0.2, -0.15) is 0 Å². The molecule has 23 heavy (non-hydrogen) atoms. The van der Waals surface area contributed by atoms with Gasteiger partial charge in [0, 0.05) is 36.6 Å². The van der Waals surface area contributed by atoms with E-state index in [1.54, 1.807) is 0 Å². The summed E-state index contributed by atoms with van der Waals surface area (Å²) in [5.74, 6) is -2.53. The van der Waals surface area contributed by atoms with Crippen LogP contribution in [0.1, 0.15) is 64.2 Å². The predicted octanol–water partition coefficient (Wildman–Crippen LogP) is -0.231. The van der Waals surface area contributed by atoms with Crippen LogP contribution < -0.4 is 10.2 Å². The zero-order chi connectivity index (χ0) is 16.5. The van der Waals surface area contributed by atoms with Crippen LogP contribution in [0.3, 0.4) is 0 Å². The Morgan fingerprint density at radius 3 is 1.39 bits per heavy atom. The molecule has 2 aliphatic rings. The van der Waals surface area contributed by atoms with Gasteiger partial charge in [-0.05, 0) is 38.5 Å². The van der Waals surface area contributed by atoms with Gasteiger partial charge in [0.1, 0.15) is 11.6 Å². The molecule has 0 saturated heterocycles. The topological polar surface area (TPSA) is 114 Å².